The minimum atomic E-state index is -0.0836. The van der Waals surface area contributed by atoms with Crippen molar-refractivity contribution in [1.29, 1.82) is 0 Å². The molecule has 0 heterocycles. The summed E-state index contributed by atoms with van der Waals surface area (Å²) in [5.74, 6) is 10.2. The van der Waals surface area contributed by atoms with Crippen LogP contribution in [0, 0.1) is 85.2 Å². The number of hydrogen-bond acceptors (Lipinski definition) is 8. The fourth-order valence-corrected chi connectivity index (χ4v) is 27.3. The minimum Gasteiger partial charge on any atom is -0.508 e. The summed E-state index contributed by atoms with van der Waals surface area (Å²) in [5.41, 5.74) is 13.3. The van der Waals surface area contributed by atoms with Gasteiger partial charge in [0.05, 0.1) is 6.10 Å². The molecule has 4 aromatic rings. The van der Waals surface area contributed by atoms with Crippen LogP contribution in [0.25, 0.3) is 0 Å². The van der Waals surface area contributed by atoms with Crippen molar-refractivity contribution in [1.82, 2.24) is 0 Å². The number of hydrogen-bond donors (Lipinski definition) is 3. The Morgan fingerprint density at radius 1 is 0.383 bits per heavy atom. The molecule has 11 saturated carbocycles. The lowest BCUT2D eigenvalue weighted by atomic mass is 9.55. The van der Waals surface area contributed by atoms with Gasteiger partial charge in [0.2, 0.25) is 0 Å². The third kappa shape index (κ3) is 9.76. The second kappa shape index (κ2) is 23.5. The maximum atomic E-state index is 13.5. The van der Waals surface area contributed by atoms with Gasteiger partial charge in [-0.25, -0.2) is 0 Å². The summed E-state index contributed by atoms with van der Waals surface area (Å²) in [7, 11) is 0. The van der Waals surface area contributed by atoms with E-state index in [2.05, 4.69) is 64.1 Å². The molecule has 8 nitrogen and oxygen atoms in total. The number of aliphatic hydroxyl groups excluding tert-OH is 1. The number of phenols is 2. The van der Waals surface area contributed by atoms with Gasteiger partial charge in [0.15, 0.2) is 0 Å². The second-order valence-corrected chi connectivity index (χ2v) is 35.7. The molecular formula is C86H108O8. The first kappa shape index (κ1) is 63.5. The SMILES string of the molecule is C[C@]12CC[C@@H]3c4ccc(C=O)cc4CC[C@H]3[C@@H]1CC1(CCCC1)C2=O.C[C@]12CC[C@@H]3c4ccc(C=O)cc4CC[C@H]3[C@@H]1CCC2=O.C[C@]12CC[C@@H]3c4ccc(O)cc4CC[C@H]3[C@@H]1CC1(CCCC1)C2=O.C[C@]12CC[C@@H]3c4ccc(O)cc4CC[C@H]3[C@@H]1CC1(CCCC1)[C@@H]2O. The smallest absolute Gasteiger partial charge is 0.150 e. The van der Waals surface area contributed by atoms with E-state index in [9.17, 15) is 39.3 Å². The number of fused-ring (bicyclic) bond motifs is 20. The van der Waals surface area contributed by atoms with E-state index >= 15 is 0 Å². The Kier molecular flexibility index (Phi) is 15.9. The number of aldehydes is 2. The number of aromatic hydroxyl groups is 2. The fourth-order valence-electron chi connectivity index (χ4n) is 27.3. The molecule has 0 saturated heterocycles. The Hall–Kier alpha value is -5.21. The molecular weight excluding hydrogens is 1160 g/mol. The zero-order chi connectivity index (χ0) is 64.9. The molecule has 19 rings (SSSR count). The molecule has 8 heteroatoms. The van der Waals surface area contributed by atoms with Gasteiger partial charge in [0, 0.05) is 44.6 Å². The zero-order valence-electron chi connectivity index (χ0n) is 57.3. The minimum absolute atomic E-state index is 0.0377. The molecule has 11 fully saturated rings. The molecule has 0 aliphatic heterocycles. The summed E-state index contributed by atoms with van der Waals surface area (Å²) in [6, 6.07) is 24.5. The monoisotopic (exact) mass is 1270 g/mol. The van der Waals surface area contributed by atoms with Crippen LogP contribution in [0.15, 0.2) is 72.8 Å². The first-order valence-electron chi connectivity index (χ1n) is 38.4. The topological polar surface area (TPSA) is 146 Å². The van der Waals surface area contributed by atoms with Crippen LogP contribution >= 0.6 is 0 Å². The van der Waals surface area contributed by atoms with Crippen LogP contribution in [0.3, 0.4) is 0 Å². The molecule has 4 aromatic carbocycles. The molecule has 0 unspecified atom stereocenters. The predicted molar refractivity (Wildman–Crippen MR) is 368 cm³/mol. The van der Waals surface area contributed by atoms with Crippen LogP contribution in [-0.4, -0.2) is 51.3 Å². The van der Waals surface area contributed by atoms with Crippen LogP contribution < -0.4 is 0 Å². The number of ketones is 3. The lowest BCUT2D eigenvalue weighted by Gasteiger charge is -2.50. The molecule has 0 radical (unpaired) electrons. The molecule has 94 heavy (non-hydrogen) atoms. The lowest BCUT2D eigenvalue weighted by molar-refractivity contribution is -0.136. The normalized spacial score (nSPS) is 39.5. The van der Waals surface area contributed by atoms with E-state index in [0.717, 1.165) is 145 Å². The Balaban J connectivity index is 0.0000000993. The highest BCUT2D eigenvalue weighted by atomic mass is 16.3. The summed E-state index contributed by atoms with van der Waals surface area (Å²) >= 11 is 0. The van der Waals surface area contributed by atoms with E-state index < -0.39 is 0 Å². The first-order valence-corrected chi connectivity index (χ1v) is 38.4. The molecule has 3 N–H and O–H groups in total. The maximum Gasteiger partial charge on any atom is 0.150 e. The Morgan fingerprint density at radius 3 is 1.19 bits per heavy atom. The van der Waals surface area contributed by atoms with Crippen LogP contribution in [0.4, 0.5) is 0 Å². The van der Waals surface area contributed by atoms with Crippen molar-refractivity contribution >= 4 is 29.9 Å². The van der Waals surface area contributed by atoms with E-state index in [4.69, 9.17) is 0 Å². The number of aliphatic hydroxyl groups is 1. The van der Waals surface area contributed by atoms with Crippen molar-refractivity contribution in [2.24, 2.45) is 85.2 Å². The number of benzene rings is 4. The van der Waals surface area contributed by atoms with Crippen LogP contribution in [0.2, 0.25) is 0 Å². The number of carbonyl (C=O) groups excluding carboxylic acids is 5. The summed E-state index contributed by atoms with van der Waals surface area (Å²) in [5, 5.41) is 30.9. The van der Waals surface area contributed by atoms with Crippen LogP contribution in [0.5, 0.6) is 11.5 Å². The number of carbonyl (C=O) groups is 5. The Labute approximate surface area is 560 Å². The third-order valence-electron chi connectivity index (χ3n) is 31.9. The average molecular weight is 1270 g/mol. The molecule has 3 spiro atoms. The molecule has 0 bridgehead atoms. The quantitative estimate of drug-likeness (QED) is 0.168. The van der Waals surface area contributed by atoms with E-state index in [1.165, 1.54) is 141 Å². The molecule has 17 atom stereocenters. The summed E-state index contributed by atoms with van der Waals surface area (Å²) in [6.07, 6.45) is 40.2. The van der Waals surface area contributed by atoms with Crippen molar-refractivity contribution in [2.75, 3.05) is 0 Å². The van der Waals surface area contributed by atoms with Crippen molar-refractivity contribution in [2.45, 2.75) is 269 Å². The van der Waals surface area contributed by atoms with Gasteiger partial charge in [-0.2, -0.15) is 0 Å². The zero-order valence-corrected chi connectivity index (χ0v) is 57.3. The molecule has 15 aliphatic carbocycles. The number of rotatable bonds is 2. The van der Waals surface area contributed by atoms with Gasteiger partial charge < -0.3 is 15.3 Å². The predicted octanol–water partition coefficient (Wildman–Crippen LogP) is 18.8. The maximum absolute atomic E-state index is 13.5. The Morgan fingerprint density at radius 2 is 0.755 bits per heavy atom. The third-order valence-corrected chi connectivity index (χ3v) is 31.9. The van der Waals surface area contributed by atoms with Gasteiger partial charge in [-0.15, -0.1) is 0 Å². The highest BCUT2D eigenvalue weighted by molar-refractivity contribution is 5.94. The van der Waals surface area contributed by atoms with Gasteiger partial charge in [0.1, 0.15) is 41.4 Å². The lowest BCUT2D eigenvalue weighted by Crippen LogP contribution is -2.45. The van der Waals surface area contributed by atoms with Crippen molar-refractivity contribution in [3.8, 4) is 11.5 Å². The molecule has 0 amide bonds. The molecule has 500 valence electrons. The van der Waals surface area contributed by atoms with Gasteiger partial charge >= 0.3 is 0 Å². The summed E-state index contributed by atoms with van der Waals surface area (Å²) in [6.45, 7) is 9.22. The average Bonchev–Trinajstić information content (AvgIpc) is 1.56. The van der Waals surface area contributed by atoms with Crippen LogP contribution in [0.1, 0.15) is 303 Å². The van der Waals surface area contributed by atoms with Crippen molar-refractivity contribution in [3.63, 3.8) is 0 Å². The standard InChI is InChI=1S/C23H28O2.C22H30O2.C22H28O2.C19H22O2/c1-22-11-8-18-17-6-4-15(14-24)12-16(17)5-7-19(18)20(22)13-23(21(22)25)9-2-3-10-23;2*1-21-11-8-17-16-7-5-15(23)12-14(16)4-6-18(17)19(21)13-22(20(21)24)9-2-3-10-22;1-19-9-8-15-14-4-2-12(11-20)10-13(14)3-5-16(15)17(19)6-7-18(19)21/h4,6,12,14,18-20H,2-3,5,7-11,13H2,1H3;5,7,12,17-20,23-24H,2-4,6,8-11,13H2,1H3;5,7,12,17-19,23H,2-4,6,8-11,13H2,1H3;2,4,10-11,15-17H,3,5-9H2,1H3/t18-,19-,20+,22+;17-,18-,19+,20-,21+;17-,18-,19+,21+;15-,16-,17+,19+/m1111/s1. The van der Waals surface area contributed by atoms with Gasteiger partial charge in [0.25, 0.3) is 0 Å². The van der Waals surface area contributed by atoms with Crippen molar-refractivity contribution < 1.29 is 39.3 Å². The number of aryl methyl sites for hydroxylation is 4. The van der Waals surface area contributed by atoms with E-state index in [0.29, 0.717) is 93.9 Å². The largest absolute Gasteiger partial charge is 0.508 e. The molecule has 0 aromatic heterocycles. The number of phenolic OH excluding ortho intramolecular Hbond substituents is 2. The fraction of sp³-hybridized carbons (Fsp3) is 0.663. The molecule has 15 aliphatic rings. The highest BCUT2D eigenvalue weighted by Gasteiger charge is 2.67. The summed E-state index contributed by atoms with van der Waals surface area (Å²) in [4.78, 5) is 61.2. The van der Waals surface area contributed by atoms with Gasteiger partial charge in [-0.05, 0) is 330 Å². The van der Waals surface area contributed by atoms with Crippen molar-refractivity contribution in [3.05, 3.63) is 128 Å². The van der Waals surface area contributed by atoms with E-state index in [-0.39, 0.29) is 44.0 Å². The number of Topliss-reactive ketones (excluding diaryl/α,β-unsaturated/α-hetero) is 3. The van der Waals surface area contributed by atoms with Gasteiger partial charge in [-0.1, -0.05) is 103 Å². The highest BCUT2D eigenvalue weighted by Crippen LogP contribution is 2.71. The first-order chi connectivity index (χ1) is 45.3. The Bertz CT molecular complexity index is 3670. The van der Waals surface area contributed by atoms with E-state index in [1.54, 1.807) is 0 Å². The van der Waals surface area contributed by atoms with Crippen LogP contribution in [-0.2, 0) is 40.1 Å². The van der Waals surface area contributed by atoms with Gasteiger partial charge in [-0.3, -0.25) is 24.0 Å². The second-order valence-electron chi connectivity index (χ2n) is 35.7. The summed E-state index contributed by atoms with van der Waals surface area (Å²) < 4.78 is 0. The van der Waals surface area contributed by atoms with E-state index in [1.807, 2.05) is 36.4 Å².